The summed E-state index contributed by atoms with van der Waals surface area (Å²) < 4.78 is 5.75. The molecule has 0 N–H and O–H groups in total. The number of pyridine rings is 1. The largest absolute Gasteiger partial charge is 0.441 e. The van der Waals surface area contributed by atoms with Gasteiger partial charge in [-0.3, -0.25) is 9.88 Å². The number of allylic oxidation sites excluding steroid dienone is 1. The maximum absolute atomic E-state index is 12.7. The van der Waals surface area contributed by atoms with Gasteiger partial charge in [0.2, 0.25) is 0 Å². The zero-order chi connectivity index (χ0) is 18.1. The molecule has 1 aromatic carbocycles. The molecule has 1 aliphatic carbocycles. The van der Waals surface area contributed by atoms with Crippen LogP contribution >= 0.6 is 0 Å². The number of carbonyl (C=O) groups excluding carboxylic acids is 1. The normalized spacial score (nSPS) is 24.9. The predicted molar refractivity (Wildman–Crippen MR) is 101 cm³/mol. The quantitative estimate of drug-likeness (QED) is 0.785. The number of benzene rings is 1. The predicted octanol–water partition coefficient (Wildman–Crippen LogP) is 4.99. The first-order valence-electron chi connectivity index (χ1n) is 9.22. The van der Waals surface area contributed by atoms with E-state index in [4.69, 9.17) is 4.74 Å². The van der Waals surface area contributed by atoms with Crippen molar-refractivity contribution < 1.29 is 9.53 Å². The smallest absolute Gasteiger partial charge is 0.411 e. The maximum Gasteiger partial charge on any atom is 0.411 e. The van der Waals surface area contributed by atoms with Crippen LogP contribution in [0.4, 0.5) is 4.79 Å². The van der Waals surface area contributed by atoms with Gasteiger partial charge in [0.1, 0.15) is 5.60 Å². The fraction of sp³-hybridized carbons (Fsp3) is 0.364. The van der Waals surface area contributed by atoms with E-state index in [2.05, 4.69) is 29.3 Å². The third-order valence-corrected chi connectivity index (χ3v) is 5.42. The van der Waals surface area contributed by atoms with E-state index in [-0.39, 0.29) is 18.2 Å². The summed E-state index contributed by atoms with van der Waals surface area (Å²) in [5, 5.41) is 0. The van der Waals surface area contributed by atoms with Gasteiger partial charge in [-0.1, -0.05) is 42.5 Å². The molecular weight excluding hydrogens is 324 g/mol. The Labute approximate surface area is 154 Å². The second kappa shape index (κ2) is 6.60. The summed E-state index contributed by atoms with van der Waals surface area (Å²) in [5.74, 6) is 0. The van der Waals surface area contributed by atoms with Crippen molar-refractivity contribution in [3.8, 4) is 0 Å². The lowest BCUT2D eigenvalue weighted by Crippen LogP contribution is -2.41. The van der Waals surface area contributed by atoms with Crippen LogP contribution in [0, 0.1) is 0 Å². The number of carbonyl (C=O) groups is 1. The van der Waals surface area contributed by atoms with Crippen molar-refractivity contribution in [1.29, 1.82) is 0 Å². The topological polar surface area (TPSA) is 42.4 Å². The fourth-order valence-corrected chi connectivity index (χ4v) is 4.22. The summed E-state index contributed by atoms with van der Waals surface area (Å²) >= 11 is 0. The molecule has 0 radical (unpaired) electrons. The van der Waals surface area contributed by atoms with Crippen molar-refractivity contribution >= 4 is 11.7 Å². The number of ether oxygens (including phenoxy) is 1. The van der Waals surface area contributed by atoms with Crippen molar-refractivity contribution in [2.24, 2.45) is 0 Å². The minimum absolute atomic E-state index is 0.0606. The van der Waals surface area contributed by atoms with Gasteiger partial charge in [0.25, 0.3) is 0 Å². The average Bonchev–Trinajstić information content (AvgIpc) is 2.91. The molecule has 2 unspecified atom stereocenters. The molecule has 2 aromatic rings. The van der Waals surface area contributed by atoms with Gasteiger partial charge in [-0.05, 0) is 55.9 Å². The van der Waals surface area contributed by atoms with E-state index in [1.807, 2.05) is 49.2 Å². The van der Waals surface area contributed by atoms with Crippen LogP contribution < -0.4 is 0 Å². The van der Waals surface area contributed by atoms with E-state index < -0.39 is 5.60 Å². The van der Waals surface area contributed by atoms with E-state index in [9.17, 15) is 4.79 Å². The number of rotatable bonds is 3. The summed E-state index contributed by atoms with van der Waals surface area (Å²) in [6.07, 6.45) is 8.49. The molecule has 2 aliphatic rings. The highest BCUT2D eigenvalue weighted by molar-refractivity contribution is 5.73. The Morgan fingerprint density at radius 3 is 2.62 bits per heavy atom. The molecule has 1 fully saturated rings. The monoisotopic (exact) mass is 348 g/mol. The van der Waals surface area contributed by atoms with Crippen LogP contribution in [-0.2, 0) is 4.74 Å². The fourth-order valence-electron chi connectivity index (χ4n) is 4.22. The van der Waals surface area contributed by atoms with Crippen LogP contribution in [0.25, 0.3) is 5.57 Å². The van der Waals surface area contributed by atoms with Crippen LogP contribution in [-0.4, -0.2) is 27.6 Å². The maximum atomic E-state index is 12.7. The van der Waals surface area contributed by atoms with Crippen molar-refractivity contribution in [3.63, 3.8) is 0 Å². The second-order valence-electron chi connectivity index (χ2n) is 7.59. The third-order valence-electron chi connectivity index (χ3n) is 5.42. The molecule has 134 valence electrons. The zero-order valence-corrected chi connectivity index (χ0v) is 15.3. The lowest BCUT2D eigenvalue weighted by molar-refractivity contribution is 0.0668. The summed E-state index contributed by atoms with van der Waals surface area (Å²) in [6.45, 7) is 4.00. The molecular formula is C22H24N2O2. The van der Waals surface area contributed by atoms with Gasteiger partial charge < -0.3 is 4.74 Å². The molecule has 0 bridgehead atoms. The van der Waals surface area contributed by atoms with Gasteiger partial charge in [0.05, 0.1) is 6.04 Å². The zero-order valence-electron chi connectivity index (χ0n) is 15.3. The van der Waals surface area contributed by atoms with Crippen molar-refractivity contribution in [2.75, 3.05) is 0 Å². The lowest BCUT2D eigenvalue weighted by Gasteiger charge is -2.36. The first-order chi connectivity index (χ1) is 12.6. The third kappa shape index (κ3) is 3.00. The van der Waals surface area contributed by atoms with Gasteiger partial charge in [0, 0.05) is 18.4 Å². The number of hydrogen-bond acceptors (Lipinski definition) is 3. The average molecular weight is 348 g/mol. The Kier molecular flexibility index (Phi) is 4.27. The van der Waals surface area contributed by atoms with Crippen molar-refractivity contribution in [2.45, 2.75) is 50.8 Å². The van der Waals surface area contributed by atoms with Gasteiger partial charge in [-0.2, -0.15) is 0 Å². The standard InChI is InChI=1S/C22H24N2O2/c1-22(2)20(17-7-4-3-5-8-17)24(21(25)26-22)19-12-10-16(11-13-19)18-9-6-14-23-15-18/h3-10,14-15,19-20H,11-13H2,1-2H3. The molecule has 4 rings (SSSR count). The van der Waals surface area contributed by atoms with Gasteiger partial charge >= 0.3 is 6.09 Å². The van der Waals surface area contributed by atoms with E-state index in [0.29, 0.717) is 0 Å². The molecule has 2 atom stereocenters. The summed E-state index contributed by atoms with van der Waals surface area (Å²) in [6, 6.07) is 14.4. The second-order valence-corrected chi connectivity index (χ2v) is 7.59. The number of hydrogen-bond donors (Lipinski definition) is 0. The van der Waals surface area contributed by atoms with Crippen LogP contribution in [0.3, 0.4) is 0 Å². The molecule has 1 amide bonds. The Morgan fingerprint density at radius 1 is 1.15 bits per heavy atom. The Bertz CT molecular complexity index is 815. The molecule has 2 heterocycles. The SMILES string of the molecule is CC1(C)OC(=O)N(C2CC=C(c3cccnc3)CC2)C1c1ccccc1. The molecule has 0 spiro atoms. The molecule has 4 heteroatoms. The number of nitrogens with zero attached hydrogens (tertiary/aromatic N) is 2. The summed E-state index contributed by atoms with van der Waals surface area (Å²) in [4.78, 5) is 18.9. The molecule has 1 aliphatic heterocycles. The van der Waals surface area contributed by atoms with Crippen LogP contribution in [0.2, 0.25) is 0 Å². The minimum Gasteiger partial charge on any atom is -0.441 e. The molecule has 1 aromatic heterocycles. The van der Waals surface area contributed by atoms with Gasteiger partial charge in [-0.25, -0.2) is 4.79 Å². The van der Waals surface area contributed by atoms with Crippen molar-refractivity contribution in [3.05, 3.63) is 72.1 Å². The number of amides is 1. The summed E-state index contributed by atoms with van der Waals surface area (Å²) in [5.41, 5.74) is 3.09. The summed E-state index contributed by atoms with van der Waals surface area (Å²) in [7, 11) is 0. The molecule has 26 heavy (non-hydrogen) atoms. The molecule has 1 saturated heterocycles. The van der Waals surface area contributed by atoms with Gasteiger partial charge in [-0.15, -0.1) is 0 Å². The molecule has 4 nitrogen and oxygen atoms in total. The highest BCUT2D eigenvalue weighted by Gasteiger charge is 2.50. The Morgan fingerprint density at radius 2 is 1.96 bits per heavy atom. The van der Waals surface area contributed by atoms with Crippen LogP contribution in [0.15, 0.2) is 60.9 Å². The Hall–Kier alpha value is -2.62. The van der Waals surface area contributed by atoms with Crippen LogP contribution in [0.1, 0.15) is 50.3 Å². The molecule has 0 saturated carbocycles. The van der Waals surface area contributed by atoms with E-state index in [0.717, 1.165) is 24.8 Å². The number of aromatic nitrogens is 1. The van der Waals surface area contributed by atoms with Gasteiger partial charge in [0.15, 0.2) is 0 Å². The Balaban J connectivity index is 1.60. The van der Waals surface area contributed by atoms with Crippen molar-refractivity contribution in [1.82, 2.24) is 9.88 Å². The van der Waals surface area contributed by atoms with E-state index in [1.54, 1.807) is 6.20 Å². The van der Waals surface area contributed by atoms with E-state index >= 15 is 0 Å². The number of cyclic esters (lactones) is 1. The first kappa shape index (κ1) is 16.8. The highest BCUT2D eigenvalue weighted by atomic mass is 16.6. The minimum atomic E-state index is -0.536. The highest BCUT2D eigenvalue weighted by Crippen LogP contribution is 2.44. The first-order valence-corrected chi connectivity index (χ1v) is 9.22. The lowest BCUT2D eigenvalue weighted by atomic mass is 9.86. The van der Waals surface area contributed by atoms with E-state index in [1.165, 1.54) is 11.1 Å². The van der Waals surface area contributed by atoms with Crippen LogP contribution in [0.5, 0.6) is 0 Å².